The van der Waals surface area contributed by atoms with E-state index in [1.807, 2.05) is 18.4 Å². The van der Waals surface area contributed by atoms with E-state index < -0.39 is 12.1 Å². The van der Waals surface area contributed by atoms with Crippen LogP contribution in [0.25, 0.3) is 11.4 Å². The molecule has 0 N–H and O–H groups in total. The Morgan fingerprint density at radius 1 is 1.23 bits per heavy atom. The van der Waals surface area contributed by atoms with Gasteiger partial charge in [0.25, 0.3) is 0 Å². The van der Waals surface area contributed by atoms with Crippen molar-refractivity contribution in [2.45, 2.75) is 22.3 Å². The van der Waals surface area contributed by atoms with Gasteiger partial charge in [-0.2, -0.15) is 18.2 Å². The second-order valence-corrected chi connectivity index (χ2v) is 6.48. The van der Waals surface area contributed by atoms with Crippen molar-refractivity contribution in [3.63, 3.8) is 0 Å². The monoisotopic (exact) mass is 343 g/mol. The summed E-state index contributed by atoms with van der Waals surface area (Å²) < 4.78 is 42.5. The highest BCUT2D eigenvalue weighted by Gasteiger charge is 2.38. The molecule has 0 spiro atoms. The number of hydrogen-bond acceptors (Lipinski definition) is 6. The van der Waals surface area contributed by atoms with Gasteiger partial charge in [-0.15, -0.1) is 11.3 Å². The molecule has 0 saturated heterocycles. The molecule has 0 saturated carbocycles. The van der Waals surface area contributed by atoms with Crippen molar-refractivity contribution in [1.82, 2.24) is 15.1 Å². The molecule has 0 aliphatic rings. The molecule has 0 bridgehead atoms. The highest BCUT2D eigenvalue weighted by molar-refractivity contribution is 8.01. The van der Waals surface area contributed by atoms with E-state index in [0.717, 1.165) is 14.9 Å². The number of nitrogens with zero attached hydrogens (tertiary/aromatic N) is 3. The fraction of sp³-hybridized carbons (Fsp3) is 0.154. The molecule has 4 nitrogen and oxygen atoms in total. The van der Waals surface area contributed by atoms with E-state index in [9.17, 15) is 13.2 Å². The lowest BCUT2D eigenvalue weighted by molar-refractivity contribution is -0.159. The summed E-state index contributed by atoms with van der Waals surface area (Å²) in [7, 11) is 0. The van der Waals surface area contributed by atoms with Gasteiger partial charge in [0.05, 0.1) is 0 Å². The molecule has 0 aliphatic heterocycles. The minimum absolute atomic E-state index is 0.0925. The minimum atomic E-state index is -4.64. The average molecular weight is 343 g/mol. The Hall–Kier alpha value is -1.87. The molecule has 2 heterocycles. The number of hydrogen-bond donors (Lipinski definition) is 0. The van der Waals surface area contributed by atoms with Crippen molar-refractivity contribution in [3.8, 4) is 11.4 Å². The predicted octanol–water partition coefficient (Wildman–Crippen LogP) is 4.67. The molecule has 1 aromatic carbocycles. The smallest absolute Gasteiger partial charge is 0.329 e. The number of benzene rings is 1. The van der Waals surface area contributed by atoms with Crippen LogP contribution >= 0.6 is 23.1 Å². The van der Waals surface area contributed by atoms with Gasteiger partial charge >= 0.3 is 12.1 Å². The Bertz CT molecular complexity index is 798. The summed E-state index contributed by atoms with van der Waals surface area (Å²) in [5.74, 6) is -1.44. The van der Waals surface area contributed by atoms with Crippen LogP contribution in [0.2, 0.25) is 0 Å². The molecule has 3 rings (SSSR count). The second kappa shape index (κ2) is 5.73. The highest BCUT2D eigenvalue weighted by atomic mass is 32.2. The first-order chi connectivity index (χ1) is 10.4. The summed E-state index contributed by atoms with van der Waals surface area (Å²) in [4.78, 5) is 8.54. The first kappa shape index (κ1) is 15.0. The molecule has 2 aromatic heterocycles. The summed E-state index contributed by atoms with van der Waals surface area (Å²) in [6, 6.07) is 6.89. The van der Waals surface area contributed by atoms with E-state index in [0.29, 0.717) is 5.56 Å². The number of rotatable bonds is 3. The third-order valence-corrected chi connectivity index (χ3v) is 4.61. The number of halogens is 3. The molecule has 0 amide bonds. The van der Waals surface area contributed by atoms with Gasteiger partial charge in [0.15, 0.2) is 4.34 Å². The molecule has 0 radical (unpaired) electrons. The maximum Gasteiger partial charge on any atom is 0.471 e. The van der Waals surface area contributed by atoms with Crippen molar-refractivity contribution >= 4 is 23.1 Å². The van der Waals surface area contributed by atoms with Crippen molar-refractivity contribution < 1.29 is 17.7 Å². The molecule has 0 aliphatic carbocycles. The highest BCUT2D eigenvalue weighted by Crippen LogP contribution is 2.33. The van der Waals surface area contributed by atoms with Crippen molar-refractivity contribution in [2.75, 3.05) is 0 Å². The quantitative estimate of drug-likeness (QED) is 0.691. The summed E-state index contributed by atoms with van der Waals surface area (Å²) in [6.07, 6.45) is -4.64. The van der Waals surface area contributed by atoms with Crippen LogP contribution in [-0.2, 0) is 6.18 Å². The molecule has 0 fully saturated rings. The van der Waals surface area contributed by atoms with Gasteiger partial charge in [0.2, 0.25) is 5.82 Å². The van der Waals surface area contributed by atoms with Crippen molar-refractivity contribution in [2.24, 2.45) is 0 Å². The fourth-order valence-corrected chi connectivity index (χ4v) is 3.50. The lowest BCUT2D eigenvalue weighted by Gasteiger charge is -2.00. The van der Waals surface area contributed by atoms with Gasteiger partial charge in [0, 0.05) is 21.5 Å². The van der Waals surface area contributed by atoms with Crippen LogP contribution in [0.3, 0.4) is 0 Å². The first-order valence-electron chi connectivity index (χ1n) is 6.03. The molecule has 0 atom stereocenters. The lowest BCUT2D eigenvalue weighted by Crippen LogP contribution is -2.04. The molecule has 9 heteroatoms. The number of thiazole rings is 1. The Morgan fingerprint density at radius 3 is 2.68 bits per heavy atom. The van der Waals surface area contributed by atoms with E-state index in [1.165, 1.54) is 23.1 Å². The Labute approximate surface area is 131 Å². The number of alkyl halides is 3. The Morgan fingerprint density at radius 2 is 2.05 bits per heavy atom. The summed E-state index contributed by atoms with van der Waals surface area (Å²) >= 11 is 2.94. The topological polar surface area (TPSA) is 51.8 Å². The third kappa shape index (κ3) is 3.30. The van der Waals surface area contributed by atoms with Crippen molar-refractivity contribution in [1.29, 1.82) is 0 Å². The molecule has 22 heavy (non-hydrogen) atoms. The average Bonchev–Trinajstić information content (AvgIpc) is 3.08. The van der Waals surface area contributed by atoms with Gasteiger partial charge < -0.3 is 4.52 Å². The number of aryl methyl sites for hydroxylation is 1. The van der Waals surface area contributed by atoms with Crippen LogP contribution in [0.4, 0.5) is 13.2 Å². The largest absolute Gasteiger partial charge is 0.471 e. The van der Waals surface area contributed by atoms with Crippen LogP contribution in [0.5, 0.6) is 0 Å². The zero-order chi connectivity index (χ0) is 15.7. The zero-order valence-corrected chi connectivity index (χ0v) is 12.7. The third-order valence-electron chi connectivity index (χ3n) is 2.56. The van der Waals surface area contributed by atoms with Crippen molar-refractivity contribution in [3.05, 3.63) is 41.2 Å². The Kier molecular flexibility index (Phi) is 3.92. The summed E-state index contributed by atoms with van der Waals surface area (Å²) in [5.41, 5.74) is 1.38. The van der Waals surface area contributed by atoms with Crippen LogP contribution in [-0.4, -0.2) is 15.1 Å². The van der Waals surface area contributed by atoms with E-state index >= 15 is 0 Å². The molecule has 3 aromatic rings. The van der Waals surface area contributed by atoms with Gasteiger partial charge in [-0.1, -0.05) is 29.1 Å². The van der Waals surface area contributed by atoms with Gasteiger partial charge in [-0.3, -0.25) is 0 Å². The fourth-order valence-electron chi connectivity index (χ4n) is 1.63. The second-order valence-electron chi connectivity index (χ2n) is 4.31. The normalized spacial score (nSPS) is 11.8. The first-order valence-corrected chi connectivity index (χ1v) is 7.73. The lowest BCUT2D eigenvalue weighted by atomic mass is 10.2. The summed E-state index contributed by atoms with van der Waals surface area (Å²) in [6.45, 7) is 1.90. The minimum Gasteiger partial charge on any atom is -0.329 e. The van der Waals surface area contributed by atoms with Crippen LogP contribution < -0.4 is 0 Å². The zero-order valence-electron chi connectivity index (χ0n) is 11.1. The van der Waals surface area contributed by atoms with Crippen LogP contribution in [0, 0.1) is 6.92 Å². The van der Waals surface area contributed by atoms with Gasteiger partial charge in [-0.25, -0.2) is 4.98 Å². The summed E-state index contributed by atoms with van der Waals surface area (Å²) in [5, 5.41) is 5.31. The maximum absolute atomic E-state index is 12.5. The molecule has 114 valence electrons. The van der Waals surface area contributed by atoms with E-state index in [1.54, 1.807) is 18.2 Å². The molecular weight excluding hydrogens is 335 g/mol. The van der Waals surface area contributed by atoms with E-state index in [2.05, 4.69) is 19.6 Å². The van der Waals surface area contributed by atoms with Gasteiger partial charge in [-0.05, 0) is 19.1 Å². The SMILES string of the molecule is Cc1csc(Sc2cccc(-c3noc(C(F)(F)F)n3)c2)n1. The Balaban J connectivity index is 1.86. The maximum atomic E-state index is 12.5. The standard InChI is InChI=1S/C13H8F3N3OS2/c1-7-6-21-12(17-7)22-9-4-2-3-8(5-9)10-18-11(20-19-10)13(14,15)16/h2-6H,1H3. The van der Waals surface area contributed by atoms with E-state index in [-0.39, 0.29) is 5.82 Å². The van der Waals surface area contributed by atoms with Crippen LogP contribution in [0.15, 0.2) is 43.4 Å². The van der Waals surface area contributed by atoms with Crippen LogP contribution in [0.1, 0.15) is 11.6 Å². The molecule has 0 unspecified atom stereocenters. The van der Waals surface area contributed by atoms with Gasteiger partial charge in [0.1, 0.15) is 0 Å². The molecular formula is C13H8F3N3OS2. The number of aromatic nitrogens is 3. The predicted molar refractivity (Wildman–Crippen MR) is 75.7 cm³/mol. The van der Waals surface area contributed by atoms with E-state index in [4.69, 9.17) is 0 Å².